The zero-order valence-electron chi connectivity index (χ0n) is 19.5. The standard InChI is InChI=1S/3C5H3Cl.3C5H5.Bi.3Fe/c3*6-5-3-1-2-4-5;3*1-2-4-5-3-1;;;;/h3*1-3H;3*1-5H;;;;/q6*-1;;3*+2. The molecule has 6 aromatic rings. The molecule has 0 spiro atoms. The van der Waals surface area contributed by atoms with Crippen LogP contribution in [0.2, 0.25) is 15.1 Å². The van der Waals surface area contributed by atoms with Crippen molar-refractivity contribution in [3.8, 4) is 0 Å². The van der Waals surface area contributed by atoms with E-state index in [1.54, 1.807) is 0 Å². The molecule has 0 heterocycles. The van der Waals surface area contributed by atoms with Gasteiger partial charge in [-0.2, -0.15) is 54.6 Å². The summed E-state index contributed by atoms with van der Waals surface area (Å²) >= 11 is 16.6. The minimum Gasteiger partial charge on any atom is -0.214 e. The molecule has 7 heteroatoms. The summed E-state index contributed by atoms with van der Waals surface area (Å²) in [6.45, 7) is 0. The molecule has 37 heavy (non-hydrogen) atoms. The summed E-state index contributed by atoms with van der Waals surface area (Å²) < 4.78 is 3.70. The van der Waals surface area contributed by atoms with Gasteiger partial charge in [0.25, 0.3) is 0 Å². The molecule has 0 radical (unpaired) electrons. The smallest absolute Gasteiger partial charge is 0.214 e. The van der Waals surface area contributed by atoms with Crippen molar-refractivity contribution in [3.63, 3.8) is 0 Å². The molecule has 0 fully saturated rings. The van der Waals surface area contributed by atoms with Gasteiger partial charge < -0.3 is 0 Å². The fraction of sp³-hybridized carbons (Fsp3) is 0. The second kappa shape index (κ2) is 21.3. The van der Waals surface area contributed by atoms with E-state index in [2.05, 4.69) is 18.2 Å². The molecule has 194 valence electrons. The van der Waals surface area contributed by atoms with Gasteiger partial charge in [-0.25, -0.2) is 36.4 Å². The third-order valence-electron chi connectivity index (χ3n) is 4.61. The van der Waals surface area contributed by atoms with E-state index in [0.29, 0.717) is 0 Å². The Morgan fingerprint density at radius 3 is 0.811 bits per heavy atom. The Morgan fingerprint density at radius 2 is 0.676 bits per heavy atom. The molecule has 0 aromatic heterocycles. The van der Waals surface area contributed by atoms with Gasteiger partial charge in [0.1, 0.15) is 0 Å². The topological polar surface area (TPSA) is 0 Å². The van der Waals surface area contributed by atoms with Crippen LogP contribution in [0.4, 0.5) is 0 Å². The molecule has 6 rings (SSSR count). The maximum absolute atomic E-state index is 6.34. The van der Waals surface area contributed by atoms with Crippen LogP contribution in [0.3, 0.4) is 0 Å². The molecule has 0 aliphatic heterocycles. The number of halogens is 3. The Kier molecular flexibility index (Phi) is 20.9. The molecule has 0 nitrogen and oxygen atoms in total. The summed E-state index contributed by atoms with van der Waals surface area (Å²) in [5, 5.41) is 2.48. The molecule has 0 saturated heterocycles. The van der Waals surface area contributed by atoms with Crippen molar-refractivity contribution in [3.05, 3.63) is 161 Å². The summed E-state index contributed by atoms with van der Waals surface area (Å²) in [7, 11) is 0. The van der Waals surface area contributed by atoms with Crippen molar-refractivity contribution >= 4 is 66.4 Å². The summed E-state index contributed by atoms with van der Waals surface area (Å²) in [4.78, 5) is 0. The van der Waals surface area contributed by atoms with E-state index in [1.807, 2.05) is 127 Å². The first-order valence-electron chi connectivity index (χ1n) is 10.7. The first kappa shape index (κ1) is 36.4. The largest absolute Gasteiger partial charge is 2.00 e. The van der Waals surface area contributed by atoms with Crippen molar-refractivity contribution in [1.82, 2.24) is 0 Å². The van der Waals surface area contributed by atoms with Crippen LogP contribution in [0.25, 0.3) is 0 Å². The van der Waals surface area contributed by atoms with Crippen molar-refractivity contribution < 1.29 is 51.2 Å². The molecule has 0 bridgehead atoms. The molecule has 0 saturated carbocycles. The quantitative estimate of drug-likeness (QED) is 0.128. The molecule has 0 N–H and O–H groups in total. The van der Waals surface area contributed by atoms with Crippen molar-refractivity contribution in [2.24, 2.45) is 0 Å². The van der Waals surface area contributed by atoms with Crippen LogP contribution in [0, 0.1) is 0 Å². The zero-order valence-corrected chi connectivity index (χ0v) is 28.6. The third-order valence-corrected chi connectivity index (χ3v) is 17.4. The normalized spacial score (nSPS) is 9.08. The summed E-state index contributed by atoms with van der Waals surface area (Å²) in [6, 6.07) is 48.1. The number of rotatable bonds is 3. The van der Waals surface area contributed by atoms with Crippen LogP contribution < -0.4 is 9.81 Å². The second-order valence-electron chi connectivity index (χ2n) is 7.00. The van der Waals surface area contributed by atoms with Crippen LogP contribution in [0.1, 0.15) is 0 Å². The molecule has 0 unspecified atom stereocenters. The Bertz CT molecular complexity index is 1040. The van der Waals surface area contributed by atoms with Crippen LogP contribution in [0.15, 0.2) is 146 Å². The first-order valence-corrected chi connectivity index (χ1v) is 17.1. The van der Waals surface area contributed by atoms with Crippen molar-refractivity contribution in [1.29, 1.82) is 0 Å². The summed E-state index contributed by atoms with van der Waals surface area (Å²) in [6.07, 6.45) is 0. The van der Waals surface area contributed by atoms with Crippen LogP contribution in [0.5, 0.6) is 0 Å². The molecular weight excluding hydrogens is 843 g/mol. The second-order valence-corrected chi connectivity index (χ2v) is 16.4. The average molecular weight is 867 g/mol. The Morgan fingerprint density at radius 1 is 0.432 bits per heavy atom. The van der Waals surface area contributed by atoms with E-state index in [4.69, 9.17) is 34.8 Å². The molecule has 0 aliphatic rings. The Balaban J connectivity index is 0.000000589. The minimum atomic E-state index is -2.45. The maximum atomic E-state index is 6.34. The van der Waals surface area contributed by atoms with Gasteiger partial charge in [-0.15, -0.1) is 0 Å². The number of hydrogen-bond acceptors (Lipinski definition) is 0. The van der Waals surface area contributed by atoms with Gasteiger partial charge in [-0.3, -0.25) is 0 Å². The van der Waals surface area contributed by atoms with Gasteiger partial charge in [-0.1, -0.05) is 0 Å². The van der Waals surface area contributed by atoms with E-state index in [0.717, 1.165) is 15.1 Å². The number of hydrogen-bond donors (Lipinski definition) is 0. The molecule has 0 aliphatic carbocycles. The molecule has 0 atom stereocenters. The fourth-order valence-corrected chi connectivity index (χ4v) is 14.8. The molecular formula is C30H24BiCl3Fe3. The van der Waals surface area contributed by atoms with Gasteiger partial charge in [0.2, 0.25) is 0 Å². The van der Waals surface area contributed by atoms with Crippen LogP contribution in [-0.2, 0) is 51.2 Å². The summed E-state index contributed by atoms with van der Waals surface area (Å²) in [5.74, 6) is 0. The third kappa shape index (κ3) is 12.4. The minimum absolute atomic E-state index is 0. The molecule has 0 amide bonds. The maximum Gasteiger partial charge on any atom is 2.00 e. The summed E-state index contributed by atoms with van der Waals surface area (Å²) in [5.41, 5.74) is 0. The van der Waals surface area contributed by atoms with Crippen LogP contribution >= 0.6 is 34.8 Å². The Hall–Kier alpha value is -0.588. The van der Waals surface area contributed by atoms with Crippen molar-refractivity contribution in [2.75, 3.05) is 0 Å². The fourth-order valence-electron chi connectivity index (χ4n) is 3.06. The zero-order chi connectivity index (χ0) is 24.0. The van der Waals surface area contributed by atoms with E-state index in [9.17, 15) is 0 Å². The van der Waals surface area contributed by atoms with E-state index in [-0.39, 0.29) is 51.2 Å². The van der Waals surface area contributed by atoms with E-state index >= 15 is 0 Å². The SMILES string of the molecule is Clc1ccc[c-]1[Bi]([c-]1cccc1Cl)[c-]1cccc1Cl.[Fe+2].[Fe+2].[Fe+2].c1cc[cH-]c1.c1cc[cH-]c1.c1cc[cH-]c1. The van der Waals surface area contributed by atoms with Gasteiger partial charge in [0.05, 0.1) is 0 Å². The van der Waals surface area contributed by atoms with E-state index in [1.165, 1.54) is 9.81 Å². The van der Waals surface area contributed by atoms with Crippen molar-refractivity contribution in [2.45, 2.75) is 0 Å². The predicted octanol–water partition coefficient (Wildman–Crippen LogP) is 7.53. The monoisotopic (exact) mass is 866 g/mol. The van der Waals surface area contributed by atoms with Crippen LogP contribution in [-0.4, -0.2) is 21.8 Å². The molecule has 6 aromatic carbocycles. The van der Waals surface area contributed by atoms with E-state index < -0.39 is 21.8 Å². The van der Waals surface area contributed by atoms with Gasteiger partial charge in [-0.05, 0) is 0 Å². The van der Waals surface area contributed by atoms with Gasteiger partial charge in [0, 0.05) is 0 Å². The first-order chi connectivity index (χ1) is 16.7. The average Bonchev–Trinajstić information content (AvgIpc) is 3.69. The van der Waals surface area contributed by atoms with Gasteiger partial charge >= 0.3 is 187 Å². The van der Waals surface area contributed by atoms with Gasteiger partial charge in [0.15, 0.2) is 0 Å². The Labute approximate surface area is 275 Å². The predicted molar refractivity (Wildman–Crippen MR) is 152 cm³/mol.